The van der Waals surface area contributed by atoms with Crippen molar-refractivity contribution in [2.75, 3.05) is 12.9 Å². The molecule has 0 aliphatic heterocycles. The molecule has 0 aliphatic rings. The van der Waals surface area contributed by atoms with Gasteiger partial charge < -0.3 is 10.5 Å². The van der Waals surface area contributed by atoms with E-state index in [1.54, 1.807) is 7.11 Å². The van der Waals surface area contributed by atoms with Crippen molar-refractivity contribution in [2.24, 2.45) is 5.73 Å². The molecule has 2 atom stereocenters. The molecule has 3 heteroatoms. The lowest BCUT2D eigenvalue weighted by Crippen LogP contribution is -2.25. The first-order valence-corrected chi connectivity index (χ1v) is 6.89. The molecule has 1 aromatic carbocycles. The summed E-state index contributed by atoms with van der Waals surface area (Å²) in [5, 5.41) is 0.323. The first-order valence-electron chi connectivity index (χ1n) is 5.85. The summed E-state index contributed by atoms with van der Waals surface area (Å²) in [6.45, 7) is 5.88. The minimum Gasteiger partial charge on any atom is -0.497 e. The standard InChI is InChI=1S/C14H21NOS/c1-4-10-17-14(13(15)5-2)11-6-8-12(16-3)9-7-11/h4,6-9,13-14H,1,5,10,15H2,2-3H3. The Morgan fingerprint density at radius 2 is 2.06 bits per heavy atom. The second-order valence-electron chi connectivity index (χ2n) is 3.89. The van der Waals surface area contributed by atoms with Gasteiger partial charge in [0, 0.05) is 17.0 Å². The van der Waals surface area contributed by atoms with Crippen molar-refractivity contribution >= 4 is 11.8 Å². The van der Waals surface area contributed by atoms with Crippen molar-refractivity contribution in [3.63, 3.8) is 0 Å². The molecule has 0 aliphatic carbocycles. The SMILES string of the molecule is C=CCSC(c1ccc(OC)cc1)C(N)CC. The van der Waals surface area contributed by atoms with Crippen molar-refractivity contribution in [1.29, 1.82) is 0 Å². The molecule has 0 aromatic heterocycles. The molecule has 1 rings (SSSR count). The van der Waals surface area contributed by atoms with Crippen molar-refractivity contribution in [3.8, 4) is 5.75 Å². The first-order chi connectivity index (χ1) is 8.22. The van der Waals surface area contributed by atoms with Crippen LogP contribution in [0.15, 0.2) is 36.9 Å². The van der Waals surface area contributed by atoms with E-state index in [1.807, 2.05) is 30.0 Å². The van der Waals surface area contributed by atoms with Crippen LogP contribution in [0.2, 0.25) is 0 Å². The third-order valence-electron chi connectivity index (χ3n) is 2.70. The molecule has 2 unspecified atom stereocenters. The first kappa shape index (κ1) is 14.1. The summed E-state index contributed by atoms with van der Waals surface area (Å²) in [5.74, 6) is 1.80. The van der Waals surface area contributed by atoms with Gasteiger partial charge >= 0.3 is 0 Å². The molecule has 0 radical (unpaired) electrons. The molecule has 2 N–H and O–H groups in total. The monoisotopic (exact) mass is 251 g/mol. The van der Waals surface area contributed by atoms with Crippen LogP contribution in [-0.2, 0) is 0 Å². The lowest BCUT2D eigenvalue weighted by atomic mass is 10.0. The van der Waals surface area contributed by atoms with Gasteiger partial charge in [-0.3, -0.25) is 0 Å². The highest BCUT2D eigenvalue weighted by molar-refractivity contribution is 7.99. The Morgan fingerprint density at radius 1 is 1.41 bits per heavy atom. The van der Waals surface area contributed by atoms with Crippen molar-refractivity contribution in [1.82, 2.24) is 0 Å². The quantitative estimate of drug-likeness (QED) is 0.754. The average molecular weight is 251 g/mol. The molecule has 17 heavy (non-hydrogen) atoms. The van der Waals surface area contributed by atoms with Gasteiger partial charge in [-0.25, -0.2) is 0 Å². The largest absolute Gasteiger partial charge is 0.497 e. The number of benzene rings is 1. The molecule has 94 valence electrons. The van der Waals surface area contributed by atoms with Gasteiger partial charge in [-0.05, 0) is 24.1 Å². The van der Waals surface area contributed by atoms with Gasteiger partial charge in [0.1, 0.15) is 5.75 Å². The molecule has 0 saturated heterocycles. The predicted molar refractivity (Wildman–Crippen MR) is 76.7 cm³/mol. The van der Waals surface area contributed by atoms with Crippen LogP contribution in [-0.4, -0.2) is 18.9 Å². The Labute approximate surface area is 108 Å². The molecular formula is C14H21NOS. The fourth-order valence-corrected chi connectivity index (χ4v) is 2.78. The summed E-state index contributed by atoms with van der Waals surface area (Å²) in [7, 11) is 1.68. The molecule has 0 saturated carbocycles. The van der Waals surface area contributed by atoms with E-state index in [-0.39, 0.29) is 6.04 Å². The summed E-state index contributed by atoms with van der Waals surface area (Å²) in [4.78, 5) is 0. The van der Waals surface area contributed by atoms with Crippen molar-refractivity contribution < 1.29 is 4.74 Å². The third-order valence-corrected chi connectivity index (χ3v) is 4.11. The van der Waals surface area contributed by atoms with E-state index in [9.17, 15) is 0 Å². The summed E-state index contributed by atoms with van der Waals surface area (Å²) >= 11 is 1.84. The Morgan fingerprint density at radius 3 is 2.53 bits per heavy atom. The minimum atomic E-state index is 0.174. The van der Waals surface area contributed by atoms with Gasteiger partial charge in [0.15, 0.2) is 0 Å². The zero-order valence-corrected chi connectivity index (χ0v) is 11.4. The van der Waals surface area contributed by atoms with Crippen LogP contribution in [0.3, 0.4) is 0 Å². The second-order valence-corrected chi connectivity index (χ2v) is 5.06. The topological polar surface area (TPSA) is 35.2 Å². The van der Waals surface area contributed by atoms with E-state index < -0.39 is 0 Å². The van der Waals surface area contributed by atoms with E-state index in [0.29, 0.717) is 5.25 Å². The molecule has 0 heterocycles. The summed E-state index contributed by atoms with van der Waals surface area (Å²) in [6, 6.07) is 8.33. The van der Waals surface area contributed by atoms with Crippen LogP contribution >= 0.6 is 11.8 Å². The number of hydrogen-bond donors (Lipinski definition) is 1. The van der Waals surface area contributed by atoms with E-state index in [4.69, 9.17) is 10.5 Å². The maximum absolute atomic E-state index is 6.17. The zero-order chi connectivity index (χ0) is 12.7. The smallest absolute Gasteiger partial charge is 0.118 e. The summed E-state index contributed by atoms with van der Waals surface area (Å²) in [5.41, 5.74) is 7.43. The number of thioether (sulfide) groups is 1. The third kappa shape index (κ3) is 4.10. The Bertz CT molecular complexity index is 337. The van der Waals surface area contributed by atoms with Gasteiger partial charge in [0.2, 0.25) is 0 Å². The number of methoxy groups -OCH3 is 1. The average Bonchev–Trinajstić information content (AvgIpc) is 2.39. The van der Waals surface area contributed by atoms with Crippen LogP contribution in [0.4, 0.5) is 0 Å². The normalized spacial score (nSPS) is 14.1. The van der Waals surface area contributed by atoms with Gasteiger partial charge in [-0.1, -0.05) is 25.1 Å². The Hall–Kier alpha value is -0.930. The van der Waals surface area contributed by atoms with Crippen LogP contribution < -0.4 is 10.5 Å². The lowest BCUT2D eigenvalue weighted by Gasteiger charge is -2.22. The molecule has 2 nitrogen and oxygen atoms in total. The van der Waals surface area contributed by atoms with E-state index in [1.165, 1.54) is 5.56 Å². The van der Waals surface area contributed by atoms with Crippen LogP contribution in [0, 0.1) is 0 Å². The zero-order valence-electron chi connectivity index (χ0n) is 10.6. The fraction of sp³-hybridized carbons (Fsp3) is 0.429. The van der Waals surface area contributed by atoms with Gasteiger partial charge in [0.05, 0.1) is 7.11 Å². The Balaban J connectivity index is 2.83. The number of rotatable bonds is 7. The minimum absolute atomic E-state index is 0.174. The van der Waals surface area contributed by atoms with Gasteiger partial charge in [-0.15, -0.1) is 18.3 Å². The lowest BCUT2D eigenvalue weighted by molar-refractivity contribution is 0.414. The highest BCUT2D eigenvalue weighted by atomic mass is 32.2. The summed E-state index contributed by atoms with van der Waals surface area (Å²) in [6.07, 6.45) is 2.89. The second kappa shape index (κ2) is 7.41. The maximum atomic E-state index is 6.17. The van der Waals surface area contributed by atoms with E-state index >= 15 is 0 Å². The molecule has 0 bridgehead atoms. The number of hydrogen-bond acceptors (Lipinski definition) is 3. The maximum Gasteiger partial charge on any atom is 0.118 e. The molecule has 0 amide bonds. The fourth-order valence-electron chi connectivity index (χ4n) is 1.65. The highest BCUT2D eigenvalue weighted by Crippen LogP contribution is 2.33. The number of ether oxygens (including phenoxy) is 1. The Kier molecular flexibility index (Phi) is 6.16. The van der Waals surface area contributed by atoms with Crippen molar-refractivity contribution in [2.45, 2.75) is 24.6 Å². The molecule has 0 spiro atoms. The number of nitrogens with two attached hydrogens (primary N) is 1. The molecule has 0 fully saturated rings. The van der Waals surface area contributed by atoms with Crippen LogP contribution in [0.25, 0.3) is 0 Å². The van der Waals surface area contributed by atoms with Crippen LogP contribution in [0.5, 0.6) is 5.75 Å². The van der Waals surface area contributed by atoms with E-state index in [0.717, 1.165) is 17.9 Å². The van der Waals surface area contributed by atoms with Crippen molar-refractivity contribution in [3.05, 3.63) is 42.5 Å². The highest BCUT2D eigenvalue weighted by Gasteiger charge is 2.18. The predicted octanol–water partition coefficient (Wildman–Crippen LogP) is 3.39. The van der Waals surface area contributed by atoms with Gasteiger partial charge in [-0.2, -0.15) is 0 Å². The summed E-state index contributed by atoms with van der Waals surface area (Å²) < 4.78 is 5.16. The van der Waals surface area contributed by atoms with E-state index in [2.05, 4.69) is 25.6 Å². The molecular weight excluding hydrogens is 230 g/mol. The molecule has 1 aromatic rings. The van der Waals surface area contributed by atoms with Crippen LogP contribution in [0.1, 0.15) is 24.2 Å². The van der Waals surface area contributed by atoms with Gasteiger partial charge in [0.25, 0.3) is 0 Å².